The number of carbonyl (C=O) groups is 2. The standard InChI is InChI=1S/C26H29F2N3O2.C4H8O/c1-17-6-11-22(27)21(25(17)28)15-31-14-18(2)30(3)23(16-31)26(32)29-13-19-7-9-20(10-8-19)24-5-4-12-33-24;1-4(2)3-5/h4-12,18,23H,13-16H2,1-3H3,(H,29,32);3-4H,1-2H3. The minimum absolute atomic E-state index is 0.0579. The molecule has 4 rings (SSSR count). The molecule has 0 saturated carbocycles. The van der Waals surface area contributed by atoms with Crippen LogP contribution in [0.2, 0.25) is 0 Å². The number of nitrogens with zero attached hydrogens (tertiary/aromatic N) is 2. The minimum Gasteiger partial charge on any atom is -0.464 e. The summed E-state index contributed by atoms with van der Waals surface area (Å²) in [4.78, 5) is 26.5. The highest BCUT2D eigenvalue weighted by Crippen LogP contribution is 2.23. The van der Waals surface area contributed by atoms with Crippen LogP contribution in [0.5, 0.6) is 0 Å². The van der Waals surface area contributed by atoms with Gasteiger partial charge in [0.1, 0.15) is 29.7 Å². The van der Waals surface area contributed by atoms with Crippen molar-refractivity contribution in [2.45, 2.75) is 52.9 Å². The Labute approximate surface area is 223 Å². The van der Waals surface area contributed by atoms with Crippen LogP contribution in [0.4, 0.5) is 8.78 Å². The summed E-state index contributed by atoms with van der Waals surface area (Å²) < 4.78 is 34.2. The number of hydrogen-bond acceptors (Lipinski definition) is 5. The highest BCUT2D eigenvalue weighted by molar-refractivity contribution is 5.82. The third-order valence-electron chi connectivity index (χ3n) is 6.70. The maximum absolute atomic E-state index is 14.5. The SMILES string of the molecule is CC(C)C=O.Cc1ccc(F)c(CN2CC(C)N(C)C(C(=O)NCc3ccc(-c4ccco4)cc3)C2)c1F. The van der Waals surface area contributed by atoms with Crippen molar-refractivity contribution in [1.82, 2.24) is 15.1 Å². The quantitative estimate of drug-likeness (QED) is 0.430. The van der Waals surface area contributed by atoms with E-state index in [4.69, 9.17) is 4.42 Å². The Morgan fingerprint density at radius 2 is 1.82 bits per heavy atom. The van der Waals surface area contributed by atoms with E-state index in [0.29, 0.717) is 25.2 Å². The van der Waals surface area contributed by atoms with E-state index < -0.39 is 17.7 Å². The van der Waals surface area contributed by atoms with Crippen molar-refractivity contribution in [1.29, 1.82) is 0 Å². The van der Waals surface area contributed by atoms with E-state index in [0.717, 1.165) is 23.2 Å². The van der Waals surface area contributed by atoms with Crippen LogP contribution in [0.25, 0.3) is 11.3 Å². The molecule has 204 valence electrons. The Morgan fingerprint density at radius 1 is 1.13 bits per heavy atom. The second-order valence-electron chi connectivity index (χ2n) is 10.2. The van der Waals surface area contributed by atoms with Crippen LogP contribution < -0.4 is 5.32 Å². The van der Waals surface area contributed by atoms with Gasteiger partial charge in [-0.1, -0.05) is 44.2 Å². The normalized spacial score (nSPS) is 18.1. The monoisotopic (exact) mass is 525 g/mol. The molecule has 1 aromatic heterocycles. The Morgan fingerprint density at radius 3 is 2.42 bits per heavy atom. The summed E-state index contributed by atoms with van der Waals surface area (Å²) in [5.74, 6) is -0.168. The van der Waals surface area contributed by atoms with Gasteiger partial charge in [0.05, 0.1) is 6.26 Å². The average Bonchev–Trinajstić information content (AvgIpc) is 3.45. The maximum Gasteiger partial charge on any atom is 0.238 e. The molecule has 0 bridgehead atoms. The zero-order chi connectivity index (χ0) is 27.8. The predicted molar refractivity (Wildman–Crippen MR) is 144 cm³/mol. The summed E-state index contributed by atoms with van der Waals surface area (Å²) >= 11 is 0. The number of amides is 1. The van der Waals surface area contributed by atoms with Crippen LogP contribution in [0.15, 0.2) is 59.2 Å². The number of carbonyl (C=O) groups excluding carboxylic acids is 2. The first-order valence-corrected chi connectivity index (χ1v) is 12.8. The number of nitrogens with one attached hydrogen (secondary N) is 1. The van der Waals surface area contributed by atoms with Gasteiger partial charge in [-0.3, -0.25) is 14.6 Å². The van der Waals surface area contributed by atoms with Crippen molar-refractivity contribution in [2.75, 3.05) is 20.1 Å². The highest BCUT2D eigenvalue weighted by Gasteiger charge is 2.34. The minimum atomic E-state index is -0.552. The van der Waals surface area contributed by atoms with Gasteiger partial charge in [0.15, 0.2) is 0 Å². The largest absolute Gasteiger partial charge is 0.464 e. The van der Waals surface area contributed by atoms with Crippen LogP contribution in [0, 0.1) is 24.5 Å². The predicted octanol–water partition coefficient (Wildman–Crippen LogP) is 5.20. The number of likely N-dealkylation sites (N-methyl/N-ethyl adjacent to an activating group) is 1. The second kappa shape index (κ2) is 13.4. The summed E-state index contributed by atoms with van der Waals surface area (Å²) in [6, 6.07) is 14.0. The van der Waals surface area contributed by atoms with E-state index >= 15 is 0 Å². The van der Waals surface area contributed by atoms with E-state index in [1.165, 1.54) is 12.1 Å². The Hall–Kier alpha value is -3.36. The molecule has 2 atom stereocenters. The van der Waals surface area contributed by atoms with Gasteiger partial charge in [0.25, 0.3) is 0 Å². The molecule has 2 aromatic carbocycles. The fourth-order valence-corrected chi connectivity index (χ4v) is 4.27. The first kappa shape index (κ1) is 29.2. The fraction of sp³-hybridized carbons (Fsp3) is 0.400. The molecule has 2 heterocycles. The first-order valence-electron chi connectivity index (χ1n) is 12.8. The molecule has 1 fully saturated rings. The molecule has 38 heavy (non-hydrogen) atoms. The molecular formula is C30H37F2N3O3. The topological polar surface area (TPSA) is 65.8 Å². The number of halogens is 2. The second-order valence-corrected chi connectivity index (χ2v) is 10.2. The summed E-state index contributed by atoms with van der Waals surface area (Å²) in [6.45, 7) is 8.91. The number of hydrogen-bond donors (Lipinski definition) is 1. The lowest BCUT2D eigenvalue weighted by Crippen LogP contribution is -2.60. The van der Waals surface area contributed by atoms with Gasteiger partial charge in [-0.2, -0.15) is 0 Å². The number of rotatable bonds is 7. The van der Waals surface area contributed by atoms with E-state index in [1.54, 1.807) is 13.2 Å². The Bertz CT molecular complexity index is 1200. The zero-order valence-electron chi connectivity index (χ0n) is 22.7. The van der Waals surface area contributed by atoms with E-state index in [-0.39, 0.29) is 30.0 Å². The number of aryl methyl sites for hydroxylation is 1. The smallest absolute Gasteiger partial charge is 0.238 e. The summed E-state index contributed by atoms with van der Waals surface area (Å²) in [7, 11) is 1.91. The van der Waals surface area contributed by atoms with E-state index in [1.807, 2.05) is 74.0 Å². The Balaban J connectivity index is 0.000000732. The summed E-state index contributed by atoms with van der Waals surface area (Å²) in [5.41, 5.74) is 2.43. The molecule has 0 aliphatic carbocycles. The van der Waals surface area contributed by atoms with Gasteiger partial charge in [-0.15, -0.1) is 0 Å². The van der Waals surface area contributed by atoms with Gasteiger partial charge in [0.2, 0.25) is 5.91 Å². The molecule has 1 N–H and O–H groups in total. The lowest BCUT2D eigenvalue weighted by molar-refractivity contribution is -0.130. The third-order valence-corrected chi connectivity index (χ3v) is 6.70. The lowest BCUT2D eigenvalue weighted by atomic mass is 10.0. The van der Waals surface area contributed by atoms with Crippen molar-refractivity contribution in [2.24, 2.45) is 5.92 Å². The van der Waals surface area contributed by atoms with Gasteiger partial charge < -0.3 is 14.5 Å². The molecule has 8 heteroatoms. The molecule has 0 spiro atoms. The molecule has 3 aromatic rings. The van der Waals surface area contributed by atoms with E-state index in [2.05, 4.69) is 5.32 Å². The molecule has 0 radical (unpaired) electrons. The van der Waals surface area contributed by atoms with Gasteiger partial charge in [-0.05, 0) is 50.2 Å². The molecule has 1 aliphatic rings. The van der Waals surface area contributed by atoms with Gasteiger partial charge >= 0.3 is 0 Å². The van der Waals surface area contributed by atoms with Gasteiger partial charge in [-0.25, -0.2) is 8.78 Å². The molecular weight excluding hydrogens is 488 g/mol. The molecule has 6 nitrogen and oxygen atoms in total. The van der Waals surface area contributed by atoms with Crippen molar-refractivity contribution in [3.63, 3.8) is 0 Å². The molecule has 1 amide bonds. The number of furan rings is 1. The third kappa shape index (κ3) is 7.58. The van der Waals surface area contributed by atoms with E-state index in [9.17, 15) is 18.4 Å². The molecule has 1 aliphatic heterocycles. The maximum atomic E-state index is 14.5. The number of benzene rings is 2. The molecule has 2 unspecified atom stereocenters. The van der Waals surface area contributed by atoms with Crippen molar-refractivity contribution in [3.8, 4) is 11.3 Å². The van der Waals surface area contributed by atoms with Crippen LogP contribution in [0.1, 0.15) is 37.5 Å². The number of piperazine rings is 1. The van der Waals surface area contributed by atoms with Gasteiger partial charge in [0, 0.05) is 49.3 Å². The average molecular weight is 526 g/mol. The lowest BCUT2D eigenvalue weighted by Gasteiger charge is -2.43. The molecule has 1 saturated heterocycles. The first-order chi connectivity index (χ1) is 18.1. The van der Waals surface area contributed by atoms with Crippen LogP contribution >= 0.6 is 0 Å². The van der Waals surface area contributed by atoms with Crippen LogP contribution in [-0.4, -0.2) is 54.2 Å². The zero-order valence-corrected chi connectivity index (χ0v) is 22.7. The summed E-state index contributed by atoms with van der Waals surface area (Å²) in [6.07, 6.45) is 2.55. The Kier molecular flexibility index (Phi) is 10.3. The van der Waals surface area contributed by atoms with Crippen molar-refractivity contribution >= 4 is 12.2 Å². The fourth-order valence-electron chi connectivity index (χ4n) is 4.27. The summed E-state index contributed by atoms with van der Waals surface area (Å²) in [5, 5.41) is 3.01. The van der Waals surface area contributed by atoms with Crippen molar-refractivity contribution in [3.05, 3.63) is 83.1 Å². The van der Waals surface area contributed by atoms with Crippen LogP contribution in [-0.2, 0) is 22.7 Å². The number of aldehydes is 1. The highest BCUT2D eigenvalue weighted by atomic mass is 19.1. The van der Waals surface area contributed by atoms with Crippen LogP contribution in [0.3, 0.4) is 0 Å². The van der Waals surface area contributed by atoms with Crippen molar-refractivity contribution < 1.29 is 22.8 Å².